The summed E-state index contributed by atoms with van der Waals surface area (Å²) in [5, 5.41) is 3.53. The van der Waals surface area contributed by atoms with Gasteiger partial charge in [-0.2, -0.15) is 0 Å². The molecule has 3 heteroatoms. The van der Waals surface area contributed by atoms with Crippen molar-refractivity contribution in [3.05, 3.63) is 0 Å². The Morgan fingerprint density at radius 2 is 2.06 bits per heavy atom. The molecule has 17 heavy (non-hydrogen) atoms. The molecule has 3 nitrogen and oxygen atoms in total. The number of hydrogen-bond donors (Lipinski definition) is 2. The van der Waals surface area contributed by atoms with Crippen LogP contribution in [0.4, 0.5) is 0 Å². The molecule has 1 fully saturated rings. The van der Waals surface area contributed by atoms with Crippen molar-refractivity contribution in [2.24, 2.45) is 23.0 Å². The van der Waals surface area contributed by atoms with Gasteiger partial charge in [0.15, 0.2) is 0 Å². The molecular weight excluding hydrogens is 212 g/mol. The van der Waals surface area contributed by atoms with E-state index in [0.717, 1.165) is 25.4 Å². The molecule has 0 aromatic carbocycles. The second kappa shape index (κ2) is 6.17. The molecular formula is C14H30N2O. The summed E-state index contributed by atoms with van der Waals surface area (Å²) in [6.45, 7) is 11.1. The maximum Gasteiger partial charge on any atom is 0.0667 e. The molecule has 1 saturated carbocycles. The van der Waals surface area contributed by atoms with E-state index in [1.165, 1.54) is 6.42 Å². The number of nitrogens with one attached hydrogen (secondary N) is 1. The minimum atomic E-state index is 0.293. The fourth-order valence-electron chi connectivity index (χ4n) is 2.85. The van der Waals surface area contributed by atoms with Crippen LogP contribution in [0.1, 0.15) is 40.5 Å². The molecule has 102 valence electrons. The predicted octanol–water partition coefficient (Wildman–Crippen LogP) is 2.01. The van der Waals surface area contributed by atoms with E-state index >= 15 is 0 Å². The summed E-state index contributed by atoms with van der Waals surface area (Å²) in [7, 11) is 1.76. The van der Waals surface area contributed by atoms with Gasteiger partial charge in [0.1, 0.15) is 0 Å². The highest BCUT2D eigenvalue weighted by Gasteiger charge is 2.41. The van der Waals surface area contributed by atoms with Crippen LogP contribution in [0, 0.1) is 17.3 Å². The Bertz CT molecular complexity index is 230. The van der Waals surface area contributed by atoms with Crippen LogP contribution >= 0.6 is 0 Å². The summed E-state index contributed by atoms with van der Waals surface area (Å²) in [5.74, 6) is 1.32. The van der Waals surface area contributed by atoms with E-state index in [9.17, 15) is 0 Å². The van der Waals surface area contributed by atoms with Crippen LogP contribution in [-0.2, 0) is 4.74 Å². The zero-order chi connectivity index (χ0) is 13.1. The molecule has 0 saturated heterocycles. The lowest BCUT2D eigenvalue weighted by atomic mass is 9.61. The Labute approximate surface area is 106 Å². The average Bonchev–Trinajstić information content (AvgIpc) is 2.29. The molecule has 3 N–H and O–H groups in total. The Kier molecular flexibility index (Phi) is 5.42. The number of ether oxygens (including phenoxy) is 1. The first kappa shape index (κ1) is 14.9. The van der Waals surface area contributed by atoms with Crippen LogP contribution in [0.5, 0.6) is 0 Å². The van der Waals surface area contributed by atoms with Gasteiger partial charge in [0, 0.05) is 19.7 Å². The fraction of sp³-hybridized carbons (Fsp3) is 1.00. The van der Waals surface area contributed by atoms with E-state index in [0.29, 0.717) is 23.5 Å². The van der Waals surface area contributed by atoms with Gasteiger partial charge in [0.05, 0.1) is 6.10 Å². The molecule has 0 amide bonds. The number of methoxy groups -OCH3 is 1. The highest BCUT2D eigenvalue weighted by molar-refractivity contribution is 4.94. The number of nitrogens with two attached hydrogens (primary N) is 1. The molecule has 0 aromatic heterocycles. The number of hydrogen-bond acceptors (Lipinski definition) is 3. The third kappa shape index (κ3) is 3.67. The fourth-order valence-corrected chi connectivity index (χ4v) is 2.85. The summed E-state index contributed by atoms with van der Waals surface area (Å²) >= 11 is 0. The van der Waals surface area contributed by atoms with Crippen molar-refractivity contribution in [2.45, 2.75) is 52.7 Å². The van der Waals surface area contributed by atoms with Gasteiger partial charge in [-0.15, -0.1) is 0 Å². The molecule has 0 aliphatic heterocycles. The summed E-state index contributed by atoms with van der Waals surface area (Å²) in [5.41, 5.74) is 6.51. The Hall–Kier alpha value is -0.120. The molecule has 1 aliphatic carbocycles. The Balaban J connectivity index is 2.43. The number of rotatable bonds is 5. The highest BCUT2D eigenvalue weighted by atomic mass is 16.5. The van der Waals surface area contributed by atoms with Crippen LogP contribution in [0.25, 0.3) is 0 Å². The molecule has 1 aliphatic rings. The largest absolute Gasteiger partial charge is 0.380 e. The summed E-state index contributed by atoms with van der Waals surface area (Å²) in [6.07, 6.45) is 2.70. The zero-order valence-electron chi connectivity index (χ0n) is 12.1. The van der Waals surface area contributed by atoms with Gasteiger partial charge in [0.2, 0.25) is 0 Å². The summed E-state index contributed by atoms with van der Waals surface area (Å²) in [6, 6.07) is 0.374. The van der Waals surface area contributed by atoms with Gasteiger partial charge in [-0.05, 0) is 43.6 Å². The second-order valence-corrected chi connectivity index (χ2v) is 6.25. The highest BCUT2D eigenvalue weighted by Crippen LogP contribution is 2.43. The van der Waals surface area contributed by atoms with Gasteiger partial charge in [-0.25, -0.2) is 0 Å². The third-order valence-corrected chi connectivity index (χ3v) is 4.94. The van der Waals surface area contributed by atoms with Gasteiger partial charge < -0.3 is 15.8 Å². The van der Waals surface area contributed by atoms with E-state index in [1.54, 1.807) is 7.11 Å². The maximum atomic E-state index is 6.17. The van der Waals surface area contributed by atoms with Crippen LogP contribution in [0.15, 0.2) is 0 Å². The Morgan fingerprint density at radius 3 is 2.65 bits per heavy atom. The lowest BCUT2D eigenvalue weighted by Crippen LogP contribution is -2.49. The second-order valence-electron chi connectivity index (χ2n) is 6.25. The van der Waals surface area contributed by atoms with Crippen molar-refractivity contribution in [2.75, 3.05) is 20.2 Å². The van der Waals surface area contributed by atoms with Crippen LogP contribution in [-0.4, -0.2) is 32.3 Å². The monoisotopic (exact) mass is 242 g/mol. The summed E-state index contributed by atoms with van der Waals surface area (Å²) in [4.78, 5) is 0. The first-order valence-corrected chi connectivity index (χ1v) is 6.88. The summed E-state index contributed by atoms with van der Waals surface area (Å²) < 4.78 is 5.25. The third-order valence-electron chi connectivity index (χ3n) is 4.94. The molecule has 0 radical (unpaired) electrons. The average molecular weight is 242 g/mol. The van der Waals surface area contributed by atoms with Gasteiger partial charge in [-0.1, -0.05) is 20.8 Å². The molecule has 0 heterocycles. The minimum absolute atomic E-state index is 0.293. The predicted molar refractivity (Wildman–Crippen MR) is 73.0 cm³/mol. The molecule has 4 unspecified atom stereocenters. The minimum Gasteiger partial charge on any atom is -0.380 e. The standard InChI is InChI=1S/C14H30N2O/c1-10(17-5)8-16-9-12-6-7-13(15)11(2)14(12,3)4/h10-13,16H,6-9,15H2,1-5H3. The van der Waals surface area contributed by atoms with Crippen molar-refractivity contribution >= 4 is 0 Å². The quantitative estimate of drug-likeness (QED) is 0.775. The van der Waals surface area contributed by atoms with Crippen molar-refractivity contribution < 1.29 is 4.74 Å². The van der Waals surface area contributed by atoms with E-state index in [1.807, 2.05) is 0 Å². The van der Waals surface area contributed by atoms with Crippen LogP contribution in [0.2, 0.25) is 0 Å². The normalized spacial score (nSPS) is 34.6. The topological polar surface area (TPSA) is 47.3 Å². The lowest BCUT2D eigenvalue weighted by Gasteiger charge is -2.47. The van der Waals surface area contributed by atoms with Crippen LogP contribution < -0.4 is 11.1 Å². The van der Waals surface area contributed by atoms with Crippen molar-refractivity contribution in [3.63, 3.8) is 0 Å². The Morgan fingerprint density at radius 1 is 1.41 bits per heavy atom. The smallest absolute Gasteiger partial charge is 0.0667 e. The molecule has 4 atom stereocenters. The SMILES string of the molecule is COC(C)CNCC1CCC(N)C(C)C1(C)C. The zero-order valence-corrected chi connectivity index (χ0v) is 12.1. The maximum absolute atomic E-state index is 6.17. The molecule has 0 spiro atoms. The molecule has 0 aromatic rings. The van der Waals surface area contributed by atoms with Crippen molar-refractivity contribution in [1.29, 1.82) is 0 Å². The molecule has 0 bridgehead atoms. The van der Waals surface area contributed by atoms with Gasteiger partial charge in [0.25, 0.3) is 0 Å². The van der Waals surface area contributed by atoms with E-state index in [4.69, 9.17) is 10.5 Å². The van der Waals surface area contributed by atoms with Crippen molar-refractivity contribution in [1.82, 2.24) is 5.32 Å². The first-order chi connectivity index (χ1) is 7.89. The van der Waals surface area contributed by atoms with E-state index in [2.05, 4.69) is 33.0 Å². The molecule has 1 rings (SSSR count). The first-order valence-electron chi connectivity index (χ1n) is 6.88. The van der Waals surface area contributed by atoms with Gasteiger partial charge >= 0.3 is 0 Å². The lowest BCUT2D eigenvalue weighted by molar-refractivity contribution is 0.0498. The van der Waals surface area contributed by atoms with E-state index in [-0.39, 0.29) is 0 Å². The van der Waals surface area contributed by atoms with Gasteiger partial charge in [-0.3, -0.25) is 0 Å². The van der Waals surface area contributed by atoms with Crippen LogP contribution in [0.3, 0.4) is 0 Å². The van der Waals surface area contributed by atoms with E-state index < -0.39 is 0 Å². The van der Waals surface area contributed by atoms with Crippen molar-refractivity contribution in [3.8, 4) is 0 Å².